The number of phenolic OH excluding ortho intramolecular Hbond substituents is 1. The van der Waals surface area contributed by atoms with Crippen molar-refractivity contribution in [3.05, 3.63) is 24.3 Å². The molecule has 1 aromatic rings. The van der Waals surface area contributed by atoms with Crippen molar-refractivity contribution in [1.29, 1.82) is 0 Å². The van der Waals surface area contributed by atoms with Crippen LogP contribution >= 0.6 is 11.8 Å². The predicted octanol–water partition coefficient (Wildman–Crippen LogP) is 2.03. The fourth-order valence-electron chi connectivity index (χ4n) is 1.37. The van der Waals surface area contributed by atoms with Crippen molar-refractivity contribution in [2.45, 2.75) is 23.5 Å². The zero-order chi connectivity index (χ0) is 13.4. The fraction of sp³-hybridized carbons (Fsp3) is 0.462. The highest BCUT2D eigenvalue weighted by Crippen LogP contribution is 2.30. The van der Waals surface area contributed by atoms with Crippen LogP contribution in [-0.4, -0.2) is 36.5 Å². The van der Waals surface area contributed by atoms with Gasteiger partial charge in [-0.1, -0.05) is 12.1 Å². The maximum atomic E-state index is 11.8. The number of phenols is 1. The van der Waals surface area contributed by atoms with E-state index in [1.165, 1.54) is 11.8 Å². The van der Waals surface area contributed by atoms with Gasteiger partial charge in [0.05, 0.1) is 5.25 Å². The second-order valence-corrected chi connectivity index (χ2v) is 5.25. The summed E-state index contributed by atoms with van der Waals surface area (Å²) in [6.07, 6.45) is 0.802. The smallest absolute Gasteiger partial charge is 0.233 e. The average Bonchev–Trinajstić information content (AvgIpc) is 2.37. The number of thioether (sulfide) groups is 1. The molecule has 0 spiro atoms. The number of para-hydroxylation sites is 1. The van der Waals surface area contributed by atoms with E-state index in [4.69, 9.17) is 4.74 Å². The molecule has 0 saturated carbocycles. The molecular weight excluding hydrogens is 250 g/mol. The van der Waals surface area contributed by atoms with Gasteiger partial charge in [0.1, 0.15) is 5.75 Å². The van der Waals surface area contributed by atoms with Gasteiger partial charge in [-0.2, -0.15) is 0 Å². The summed E-state index contributed by atoms with van der Waals surface area (Å²) in [6, 6.07) is 7.01. The van der Waals surface area contributed by atoms with Crippen molar-refractivity contribution < 1.29 is 14.6 Å². The van der Waals surface area contributed by atoms with Crippen LogP contribution in [0, 0.1) is 0 Å². The number of rotatable bonds is 7. The highest BCUT2D eigenvalue weighted by Gasteiger charge is 2.15. The first-order valence-corrected chi connectivity index (χ1v) is 6.74. The monoisotopic (exact) mass is 269 g/mol. The Labute approximate surface area is 112 Å². The summed E-state index contributed by atoms with van der Waals surface area (Å²) in [5.41, 5.74) is 0. The number of ether oxygens (including phenoxy) is 1. The summed E-state index contributed by atoms with van der Waals surface area (Å²) < 4.78 is 4.91. The third-order valence-electron chi connectivity index (χ3n) is 2.36. The molecule has 0 saturated heterocycles. The first-order chi connectivity index (χ1) is 8.65. The molecule has 1 rings (SSSR count). The van der Waals surface area contributed by atoms with Crippen molar-refractivity contribution in [3.8, 4) is 5.75 Å². The SMILES string of the molecule is COCCCNC(=O)C(C)Sc1ccccc1O. The van der Waals surface area contributed by atoms with Gasteiger partial charge in [0.15, 0.2) is 0 Å². The molecule has 1 atom stereocenters. The standard InChI is InChI=1S/C13H19NO3S/c1-10(13(16)14-8-5-9-17-2)18-12-7-4-3-6-11(12)15/h3-4,6-7,10,15H,5,8-9H2,1-2H3,(H,14,16). The van der Waals surface area contributed by atoms with Crippen LogP contribution in [0.25, 0.3) is 0 Å². The number of methoxy groups -OCH3 is 1. The molecule has 0 radical (unpaired) electrons. The first-order valence-electron chi connectivity index (χ1n) is 5.86. The van der Waals surface area contributed by atoms with E-state index in [1.807, 2.05) is 13.0 Å². The number of carbonyl (C=O) groups excluding carboxylic acids is 1. The Morgan fingerprint density at radius 3 is 2.89 bits per heavy atom. The molecule has 0 aliphatic heterocycles. The number of hydrogen-bond donors (Lipinski definition) is 2. The molecule has 0 aliphatic carbocycles. The van der Waals surface area contributed by atoms with Gasteiger partial charge >= 0.3 is 0 Å². The van der Waals surface area contributed by atoms with Crippen LogP contribution in [0.4, 0.5) is 0 Å². The third kappa shape index (κ3) is 4.98. The minimum atomic E-state index is -0.235. The fourth-order valence-corrected chi connectivity index (χ4v) is 2.29. The van der Waals surface area contributed by atoms with Crippen LogP contribution in [0.2, 0.25) is 0 Å². The number of nitrogens with one attached hydrogen (secondary N) is 1. The van der Waals surface area contributed by atoms with Gasteiger partial charge in [0, 0.05) is 25.2 Å². The molecule has 0 bridgehead atoms. The molecule has 4 nitrogen and oxygen atoms in total. The molecule has 2 N–H and O–H groups in total. The van der Waals surface area contributed by atoms with E-state index in [9.17, 15) is 9.90 Å². The molecule has 1 unspecified atom stereocenters. The first kappa shape index (κ1) is 14.9. The van der Waals surface area contributed by atoms with Crippen LogP contribution < -0.4 is 5.32 Å². The van der Waals surface area contributed by atoms with Gasteiger partial charge in [0.2, 0.25) is 5.91 Å². The minimum Gasteiger partial charge on any atom is -0.507 e. The van der Waals surface area contributed by atoms with Gasteiger partial charge < -0.3 is 15.2 Å². The molecule has 0 aliphatic rings. The second kappa shape index (κ2) is 8.00. The zero-order valence-electron chi connectivity index (χ0n) is 10.7. The summed E-state index contributed by atoms with van der Waals surface area (Å²) in [4.78, 5) is 12.5. The van der Waals surface area contributed by atoms with Crippen molar-refractivity contribution in [2.24, 2.45) is 0 Å². The Kier molecular flexibility index (Phi) is 6.60. The highest BCUT2D eigenvalue weighted by molar-refractivity contribution is 8.00. The van der Waals surface area contributed by atoms with Gasteiger partial charge in [-0.15, -0.1) is 11.8 Å². The number of amides is 1. The molecule has 100 valence electrons. The lowest BCUT2D eigenvalue weighted by Crippen LogP contribution is -2.32. The van der Waals surface area contributed by atoms with E-state index in [0.29, 0.717) is 13.2 Å². The maximum absolute atomic E-state index is 11.8. The van der Waals surface area contributed by atoms with Gasteiger partial charge in [0.25, 0.3) is 0 Å². The van der Waals surface area contributed by atoms with E-state index in [1.54, 1.807) is 25.3 Å². The number of aromatic hydroxyl groups is 1. The summed E-state index contributed by atoms with van der Waals surface area (Å²) in [5, 5.41) is 12.2. The van der Waals surface area contributed by atoms with Crippen molar-refractivity contribution in [3.63, 3.8) is 0 Å². The van der Waals surface area contributed by atoms with Gasteiger partial charge in [-0.3, -0.25) is 4.79 Å². The molecule has 0 aromatic heterocycles. The predicted molar refractivity (Wildman–Crippen MR) is 72.9 cm³/mol. The van der Waals surface area contributed by atoms with Crippen LogP contribution in [0.3, 0.4) is 0 Å². The van der Waals surface area contributed by atoms with E-state index in [2.05, 4.69) is 5.32 Å². The summed E-state index contributed by atoms with van der Waals surface area (Å²) in [5.74, 6) is 0.181. The van der Waals surface area contributed by atoms with Crippen LogP contribution in [0.5, 0.6) is 5.75 Å². The maximum Gasteiger partial charge on any atom is 0.233 e. The van der Waals surface area contributed by atoms with Crippen molar-refractivity contribution in [2.75, 3.05) is 20.3 Å². The Bertz CT molecular complexity index is 384. The molecule has 0 heterocycles. The molecule has 0 fully saturated rings. The van der Waals surface area contributed by atoms with E-state index in [0.717, 1.165) is 11.3 Å². The van der Waals surface area contributed by atoms with Crippen LogP contribution in [-0.2, 0) is 9.53 Å². The van der Waals surface area contributed by atoms with Gasteiger partial charge in [-0.05, 0) is 25.5 Å². The molecule has 1 aromatic carbocycles. The Morgan fingerprint density at radius 1 is 1.50 bits per heavy atom. The molecule has 5 heteroatoms. The average molecular weight is 269 g/mol. The quantitative estimate of drug-likeness (QED) is 0.587. The summed E-state index contributed by atoms with van der Waals surface area (Å²) >= 11 is 1.35. The normalized spacial score (nSPS) is 12.1. The van der Waals surface area contributed by atoms with Crippen LogP contribution in [0.1, 0.15) is 13.3 Å². The summed E-state index contributed by atoms with van der Waals surface area (Å²) in [6.45, 7) is 3.07. The van der Waals surface area contributed by atoms with Crippen LogP contribution in [0.15, 0.2) is 29.2 Å². The Morgan fingerprint density at radius 2 is 2.22 bits per heavy atom. The lowest BCUT2D eigenvalue weighted by Gasteiger charge is -2.12. The number of benzene rings is 1. The Balaban J connectivity index is 2.38. The third-order valence-corrected chi connectivity index (χ3v) is 3.53. The van der Waals surface area contributed by atoms with E-state index < -0.39 is 0 Å². The topological polar surface area (TPSA) is 58.6 Å². The highest BCUT2D eigenvalue weighted by atomic mass is 32.2. The Hall–Kier alpha value is -1.20. The van der Waals surface area contributed by atoms with Gasteiger partial charge in [-0.25, -0.2) is 0 Å². The second-order valence-electron chi connectivity index (χ2n) is 3.87. The zero-order valence-corrected chi connectivity index (χ0v) is 11.5. The minimum absolute atomic E-state index is 0.0284. The molecule has 1 amide bonds. The number of carbonyl (C=O) groups is 1. The summed E-state index contributed by atoms with van der Waals surface area (Å²) in [7, 11) is 1.64. The largest absolute Gasteiger partial charge is 0.507 e. The lowest BCUT2D eigenvalue weighted by molar-refractivity contribution is -0.120. The molecule has 18 heavy (non-hydrogen) atoms. The van der Waals surface area contributed by atoms with Crippen molar-refractivity contribution >= 4 is 17.7 Å². The number of hydrogen-bond acceptors (Lipinski definition) is 4. The lowest BCUT2D eigenvalue weighted by atomic mass is 10.3. The van der Waals surface area contributed by atoms with Crippen molar-refractivity contribution in [1.82, 2.24) is 5.32 Å². The molecular formula is C13H19NO3S. The van der Waals surface area contributed by atoms with E-state index in [-0.39, 0.29) is 16.9 Å². The van der Waals surface area contributed by atoms with E-state index >= 15 is 0 Å².